The van der Waals surface area contributed by atoms with Crippen molar-refractivity contribution in [3.05, 3.63) is 41.6 Å². The molecule has 1 heterocycles. The molecule has 0 radical (unpaired) electrons. The van der Waals surface area contributed by atoms with E-state index in [9.17, 15) is 18.0 Å². The zero-order valence-electron chi connectivity index (χ0n) is 10.7. The summed E-state index contributed by atoms with van der Waals surface area (Å²) in [7, 11) is 1.30. The standard InChI is InChI=1S/C14H12F3NO2/c1-20-13(19)7-5-11-4-2-9-8-10(14(15,16)17)3-6-12(9)18-11/h2-4,6,8H,5,7H2,1H3. The van der Waals surface area contributed by atoms with E-state index >= 15 is 0 Å². The van der Waals surface area contributed by atoms with Crippen LogP contribution in [0.2, 0.25) is 0 Å². The van der Waals surface area contributed by atoms with Crippen molar-refractivity contribution in [1.29, 1.82) is 0 Å². The number of alkyl halides is 3. The zero-order chi connectivity index (χ0) is 14.8. The molecule has 1 aromatic carbocycles. The average molecular weight is 283 g/mol. The molecule has 0 saturated heterocycles. The summed E-state index contributed by atoms with van der Waals surface area (Å²) in [5, 5.41) is 0.418. The van der Waals surface area contributed by atoms with Gasteiger partial charge in [-0.05, 0) is 24.3 Å². The van der Waals surface area contributed by atoms with Crippen LogP contribution < -0.4 is 0 Å². The highest BCUT2D eigenvalue weighted by atomic mass is 19.4. The van der Waals surface area contributed by atoms with Gasteiger partial charge in [0.15, 0.2) is 0 Å². The van der Waals surface area contributed by atoms with Crippen molar-refractivity contribution in [2.24, 2.45) is 0 Å². The van der Waals surface area contributed by atoms with Gasteiger partial charge >= 0.3 is 12.1 Å². The van der Waals surface area contributed by atoms with Crippen LogP contribution in [-0.2, 0) is 22.1 Å². The van der Waals surface area contributed by atoms with E-state index in [1.54, 1.807) is 12.1 Å². The minimum Gasteiger partial charge on any atom is -0.469 e. The molecule has 0 saturated carbocycles. The molecule has 0 aliphatic carbocycles. The van der Waals surface area contributed by atoms with E-state index in [4.69, 9.17) is 0 Å². The van der Waals surface area contributed by atoms with Gasteiger partial charge in [0, 0.05) is 17.5 Å². The van der Waals surface area contributed by atoms with Gasteiger partial charge in [-0.3, -0.25) is 9.78 Å². The molecule has 0 aliphatic heterocycles. The highest BCUT2D eigenvalue weighted by Gasteiger charge is 2.30. The van der Waals surface area contributed by atoms with Crippen LogP contribution in [0.5, 0.6) is 0 Å². The summed E-state index contributed by atoms with van der Waals surface area (Å²) in [5.74, 6) is -0.348. The zero-order valence-corrected chi connectivity index (χ0v) is 10.7. The number of carbonyl (C=O) groups excluding carboxylic acids is 1. The number of nitrogens with zero attached hydrogens (tertiary/aromatic N) is 1. The van der Waals surface area contributed by atoms with E-state index < -0.39 is 11.7 Å². The lowest BCUT2D eigenvalue weighted by atomic mass is 10.1. The SMILES string of the molecule is COC(=O)CCc1ccc2cc(C(F)(F)F)ccc2n1. The fraction of sp³-hybridized carbons (Fsp3) is 0.286. The second kappa shape index (κ2) is 5.48. The van der Waals surface area contributed by atoms with Gasteiger partial charge in [-0.15, -0.1) is 0 Å². The third-order valence-electron chi connectivity index (χ3n) is 2.89. The lowest BCUT2D eigenvalue weighted by Crippen LogP contribution is -2.05. The van der Waals surface area contributed by atoms with Gasteiger partial charge in [-0.1, -0.05) is 6.07 Å². The maximum absolute atomic E-state index is 12.6. The Hall–Kier alpha value is -2.11. The van der Waals surface area contributed by atoms with Gasteiger partial charge < -0.3 is 4.74 Å². The second-order valence-electron chi connectivity index (χ2n) is 4.28. The Morgan fingerprint density at radius 3 is 2.65 bits per heavy atom. The molecule has 2 rings (SSSR count). The van der Waals surface area contributed by atoms with Crippen molar-refractivity contribution in [2.75, 3.05) is 7.11 Å². The van der Waals surface area contributed by atoms with Crippen LogP contribution in [0.4, 0.5) is 13.2 Å². The van der Waals surface area contributed by atoms with Gasteiger partial charge in [0.05, 0.1) is 24.6 Å². The van der Waals surface area contributed by atoms with E-state index in [2.05, 4.69) is 9.72 Å². The van der Waals surface area contributed by atoms with E-state index in [1.807, 2.05) is 0 Å². The molecule has 3 nitrogen and oxygen atoms in total. The predicted molar refractivity (Wildman–Crippen MR) is 67.1 cm³/mol. The summed E-state index contributed by atoms with van der Waals surface area (Å²) in [4.78, 5) is 15.3. The Morgan fingerprint density at radius 2 is 2.00 bits per heavy atom. The van der Waals surface area contributed by atoms with E-state index in [1.165, 1.54) is 13.2 Å². The number of aryl methyl sites for hydroxylation is 1. The van der Waals surface area contributed by atoms with Crippen molar-refractivity contribution >= 4 is 16.9 Å². The number of ether oxygens (including phenoxy) is 1. The molecule has 0 spiro atoms. The second-order valence-corrected chi connectivity index (χ2v) is 4.28. The van der Waals surface area contributed by atoms with Crippen LogP contribution in [0.15, 0.2) is 30.3 Å². The molecular formula is C14H12F3NO2. The van der Waals surface area contributed by atoms with Crippen molar-refractivity contribution in [3.63, 3.8) is 0 Å². The maximum Gasteiger partial charge on any atom is 0.416 e. The summed E-state index contributed by atoms with van der Waals surface area (Å²) >= 11 is 0. The lowest BCUT2D eigenvalue weighted by molar-refractivity contribution is -0.140. The average Bonchev–Trinajstić information content (AvgIpc) is 2.42. The Bertz CT molecular complexity index is 638. The van der Waals surface area contributed by atoms with Crippen LogP contribution >= 0.6 is 0 Å². The number of esters is 1. The molecule has 2 aromatic rings. The van der Waals surface area contributed by atoms with Crippen LogP contribution in [0.1, 0.15) is 17.7 Å². The Morgan fingerprint density at radius 1 is 1.25 bits per heavy atom. The van der Waals surface area contributed by atoms with E-state index in [0.717, 1.165) is 12.1 Å². The minimum absolute atomic E-state index is 0.190. The molecule has 0 aliphatic rings. The van der Waals surface area contributed by atoms with E-state index in [0.29, 0.717) is 23.0 Å². The number of pyridine rings is 1. The van der Waals surface area contributed by atoms with Crippen molar-refractivity contribution in [3.8, 4) is 0 Å². The van der Waals surface area contributed by atoms with Crippen molar-refractivity contribution in [1.82, 2.24) is 4.98 Å². The van der Waals surface area contributed by atoms with E-state index in [-0.39, 0.29) is 12.4 Å². The third kappa shape index (κ3) is 3.26. The van der Waals surface area contributed by atoms with Crippen LogP contribution in [0.25, 0.3) is 10.9 Å². The molecule has 1 aromatic heterocycles. The molecular weight excluding hydrogens is 271 g/mol. The lowest BCUT2D eigenvalue weighted by Gasteiger charge is -2.08. The molecule has 20 heavy (non-hydrogen) atoms. The first-order valence-electron chi connectivity index (χ1n) is 5.94. The number of hydrogen-bond acceptors (Lipinski definition) is 3. The topological polar surface area (TPSA) is 39.2 Å². The number of methoxy groups -OCH3 is 1. The number of rotatable bonds is 3. The Balaban J connectivity index is 2.25. The predicted octanol–water partition coefficient (Wildman–Crippen LogP) is 3.36. The van der Waals surface area contributed by atoms with Crippen LogP contribution in [0.3, 0.4) is 0 Å². The van der Waals surface area contributed by atoms with Gasteiger partial charge in [-0.25, -0.2) is 0 Å². The number of benzene rings is 1. The number of fused-ring (bicyclic) bond motifs is 1. The number of halogens is 3. The summed E-state index contributed by atoms with van der Waals surface area (Å²) < 4.78 is 42.2. The van der Waals surface area contributed by atoms with Gasteiger partial charge in [0.2, 0.25) is 0 Å². The largest absolute Gasteiger partial charge is 0.469 e. The molecule has 6 heteroatoms. The fourth-order valence-electron chi connectivity index (χ4n) is 1.82. The quantitative estimate of drug-likeness (QED) is 0.811. The highest BCUT2D eigenvalue weighted by molar-refractivity contribution is 5.79. The maximum atomic E-state index is 12.6. The summed E-state index contributed by atoms with van der Waals surface area (Å²) in [5.41, 5.74) is 0.414. The number of aromatic nitrogens is 1. The number of hydrogen-bond donors (Lipinski definition) is 0. The van der Waals surface area contributed by atoms with Crippen molar-refractivity contribution < 1.29 is 22.7 Å². The number of carbonyl (C=O) groups is 1. The first-order valence-corrected chi connectivity index (χ1v) is 5.94. The first-order chi connectivity index (χ1) is 9.40. The molecule has 0 unspecified atom stereocenters. The first kappa shape index (κ1) is 14.3. The summed E-state index contributed by atoms with van der Waals surface area (Å²) in [6.45, 7) is 0. The molecule has 0 atom stereocenters. The van der Waals surface area contributed by atoms with Gasteiger partial charge in [-0.2, -0.15) is 13.2 Å². The normalized spacial score (nSPS) is 11.6. The minimum atomic E-state index is -4.36. The molecule has 0 fully saturated rings. The summed E-state index contributed by atoms with van der Waals surface area (Å²) in [6.07, 6.45) is -3.78. The fourth-order valence-corrected chi connectivity index (χ4v) is 1.82. The highest BCUT2D eigenvalue weighted by Crippen LogP contribution is 2.31. The van der Waals surface area contributed by atoms with Gasteiger partial charge in [0.1, 0.15) is 0 Å². The van der Waals surface area contributed by atoms with Crippen molar-refractivity contribution in [2.45, 2.75) is 19.0 Å². The smallest absolute Gasteiger partial charge is 0.416 e. The Labute approximate surface area is 113 Å². The summed E-state index contributed by atoms with van der Waals surface area (Å²) in [6, 6.07) is 6.58. The van der Waals surface area contributed by atoms with Crippen LogP contribution in [0, 0.1) is 0 Å². The Kier molecular flexibility index (Phi) is 3.92. The molecule has 0 N–H and O–H groups in total. The monoisotopic (exact) mass is 283 g/mol. The van der Waals surface area contributed by atoms with Gasteiger partial charge in [0.25, 0.3) is 0 Å². The third-order valence-corrected chi connectivity index (χ3v) is 2.89. The van der Waals surface area contributed by atoms with Crippen LogP contribution in [-0.4, -0.2) is 18.1 Å². The molecule has 106 valence electrons. The molecule has 0 bridgehead atoms. The molecule has 0 amide bonds.